The zero-order chi connectivity index (χ0) is 14.5. The Labute approximate surface area is 115 Å². The smallest absolute Gasteiger partial charge is 0.276 e. The lowest BCUT2D eigenvalue weighted by molar-refractivity contribution is -0.384. The van der Waals surface area contributed by atoms with E-state index >= 15 is 0 Å². The highest BCUT2D eigenvalue weighted by molar-refractivity contribution is 5.61. The van der Waals surface area contributed by atoms with Gasteiger partial charge in [0.05, 0.1) is 23.7 Å². The number of nitrogens with two attached hydrogens (primary N) is 1. The molecular weight excluding hydrogens is 260 g/mol. The standard InChI is InChI=1S/C13H14N4O3/c1-20-8-9-3-2-4-10(5-9)15-13-7-11(17(18)19)6-12(14)16-13/h2-7H,8H2,1H3,(H3,14,15,16). The average Bonchev–Trinajstić information content (AvgIpc) is 2.38. The van der Waals surface area contributed by atoms with Crippen molar-refractivity contribution in [2.24, 2.45) is 0 Å². The van der Waals surface area contributed by atoms with E-state index in [1.54, 1.807) is 7.11 Å². The van der Waals surface area contributed by atoms with Gasteiger partial charge in [0, 0.05) is 12.8 Å². The van der Waals surface area contributed by atoms with E-state index in [2.05, 4.69) is 10.3 Å². The molecule has 2 rings (SSSR count). The molecule has 20 heavy (non-hydrogen) atoms. The molecule has 0 saturated heterocycles. The highest BCUT2D eigenvalue weighted by atomic mass is 16.6. The maximum Gasteiger partial charge on any atom is 0.276 e. The number of benzene rings is 1. The van der Waals surface area contributed by atoms with Crippen LogP contribution in [0.3, 0.4) is 0 Å². The summed E-state index contributed by atoms with van der Waals surface area (Å²) in [7, 11) is 1.61. The fourth-order valence-corrected chi connectivity index (χ4v) is 1.76. The first-order valence-electron chi connectivity index (χ1n) is 5.85. The molecule has 0 aliphatic rings. The SMILES string of the molecule is COCc1cccc(Nc2cc([N+](=O)[O-])cc(N)n2)c1. The molecule has 1 heterocycles. The summed E-state index contributed by atoms with van der Waals surface area (Å²) >= 11 is 0. The minimum Gasteiger partial charge on any atom is -0.383 e. The summed E-state index contributed by atoms with van der Waals surface area (Å²) in [4.78, 5) is 14.3. The number of nitro groups is 1. The van der Waals surface area contributed by atoms with E-state index in [0.717, 1.165) is 11.3 Å². The van der Waals surface area contributed by atoms with Crippen molar-refractivity contribution in [3.05, 3.63) is 52.1 Å². The second-order valence-corrected chi connectivity index (χ2v) is 4.15. The molecule has 0 amide bonds. The zero-order valence-electron chi connectivity index (χ0n) is 10.9. The van der Waals surface area contributed by atoms with Gasteiger partial charge in [-0.2, -0.15) is 0 Å². The van der Waals surface area contributed by atoms with Crippen LogP contribution in [0.4, 0.5) is 23.0 Å². The lowest BCUT2D eigenvalue weighted by atomic mass is 10.2. The van der Waals surface area contributed by atoms with Crippen LogP contribution in [-0.4, -0.2) is 17.0 Å². The number of methoxy groups -OCH3 is 1. The van der Waals surface area contributed by atoms with E-state index in [9.17, 15) is 10.1 Å². The fraction of sp³-hybridized carbons (Fsp3) is 0.154. The average molecular weight is 274 g/mol. The topological polar surface area (TPSA) is 103 Å². The maximum absolute atomic E-state index is 10.8. The Balaban J connectivity index is 2.25. The van der Waals surface area contributed by atoms with Crippen LogP contribution in [0.15, 0.2) is 36.4 Å². The number of hydrogen-bond acceptors (Lipinski definition) is 6. The van der Waals surface area contributed by atoms with Gasteiger partial charge in [-0.25, -0.2) is 4.98 Å². The predicted molar refractivity (Wildman–Crippen MR) is 75.7 cm³/mol. The summed E-state index contributed by atoms with van der Waals surface area (Å²) in [6, 6.07) is 10.0. The molecular formula is C13H14N4O3. The molecule has 3 N–H and O–H groups in total. The third-order valence-corrected chi connectivity index (χ3v) is 2.55. The van der Waals surface area contributed by atoms with E-state index in [0.29, 0.717) is 12.4 Å². The van der Waals surface area contributed by atoms with Gasteiger partial charge in [0.15, 0.2) is 0 Å². The molecule has 0 fully saturated rings. The van der Waals surface area contributed by atoms with E-state index in [1.807, 2.05) is 24.3 Å². The summed E-state index contributed by atoms with van der Waals surface area (Å²) in [5.74, 6) is 0.418. The minimum absolute atomic E-state index is 0.0924. The van der Waals surface area contributed by atoms with Gasteiger partial charge in [0.1, 0.15) is 11.6 Å². The molecule has 1 aromatic heterocycles. The number of rotatable bonds is 5. The number of ether oxygens (including phenoxy) is 1. The highest BCUT2D eigenvalue weighted by Gasteiger charge is 2.10. The van der Waals surface area contributed by atoms with E-state index in [1.165, 1.54) is 12.1 Å². The summed E-state index contributed by atoms with van der Waals surface area (Å²) < 4.78 is 5.05. The van der Waals surface area contributed by atoms with Gasteiger partial charge in [-0.15, -0.1) is 0 Å². The van der Waals surface area contributed by atoms with E-state index in [4.69, 9.17) is 10.5 Å². The number of aromatic nitrogens is 1. The van der Waals surface area contributed by atoms with Crippen LogP contribution in [0.5, 0.6) is 0 Å². The van der Waals surface area contributed by atoms with Crippen LogP contribution in [0.2, 0.25) is 0 Å². The number of anilines is 3. The van der Waals surface area contributed by atoms with Crippen molar-refractivity contribution < 1.29 is 9.66 Å². The van der Waals surface area contributed by atoms with Crippen LogP contribution >= 0.6 is 0 Å². The normalized spacial score (nSPS) is 10.2. The Hall–Kier alpha value is -2.67. The second-order valence-electron chi connectivity index (χ2n) is 4.15. The zero-order valence-corrected chi connectivity index (χ0v) is 10.9. The largest absolute Gasteiger partial charge is 0.383 e. The fourth-order valence-electron chi connectivity index (χ4n) is 1.76. The molecule has 0 spiro atoms. The number of nitrogens with zero attached hydrogens (tertiary/aromatic N) is 2. The summed E-state index contributed by atoms with van der Waals surface area (Å²) in [5.41, 5.74) is 7.19. The van der Waals surface area contributed by atoms with Gasteiger partial charge in [-0.3, -0.25) is 10.1 Å². The quantitative estimate of drug-likeness (QED) is 0.641. The molecule has 7 heteroatoms. The van der Waals surface area contributed by atoms with Crippen molar-refractivity contribution >= 4 is 23.0 Å². The van der Waals surface area contributed by atoms with Crippen LogP contribution in [0.1, 0.15) is 5.56 Å². The van der Waals surface area contributed by atoms with Gasteiger partial charge in [0.25, 0.3) is 5.69 Å². The second kappa shape index (κ2) is 5.98. The minimum atomic E-state index is -0.509. The number of pyridine rings is 1. The Morgan fingerprint density at radius 1 is 1.40 bits per heavy atom. The Bertz CT molecular complexity index is 631. The van der Waals surface area contributed by atoms with Crippen LogP contribution < -0.4 is 11.1 Å². The van der Waals surface area contributed by atoms with Crippen LogP contribution in [0, 0.1) is 10.1 Å². The van der Waals surface area contributed by atoms with Crippen molar-refractivity contribution in [2.45, 2.75) is 6.61 Å². The van der Waals surface area contributed by atoms with E-state index < -0.39 is 4.92 Å². The molecule has 0 saturated carbocycles. The first-order valence-corrected chi connectivity index (χ1v) is 5.85. The first kappa shape index (κ1) is 13.8. The van der Waals surface area contributed by atoms with Gasteiger partial charge >= 0.3 is 0 Å². The third kappa shape index (κ3) is 3.42. The summed E-state index contributed by atoms with van der Waals surface area (Å²) in [6.45, 7) is 0.486. The van der Waals surface area contributed by atoms with Crippen LogP contribution in [0.25, 0.3) is 0 Å². The lowest BCUT2D eigenvalue weighted by Gasteiger charge is -2.08. The highest BCUT2D eigenvalue weighted by Crippen LogP contribution is 2.22. The Morgan fingerprint density at radius 2 is 2.20 bits per heavy atom. The molecule has 0 radical (unpaired) electrons. The Morgan fingerprint density at radius 3 is 2.90 bits per heavy atom. The van der Waals surface area contributed by atoms with Gasteiger partial charge in [-0.1, -0.05) is 12.1 Å². The number of hydrogen-bond donors (Lipinski definition) is 2. The molecule has 1 aromatic carbocycles. The van der Waals surface area contributed by atoms with Gasteiger partial charge in [-0.05, 0) is 17.7 Å². The molecule has 0 aliphatic heterocycles. The molecule has 104 valence electrons. The first-order chi connectivity index (χ1) is 9.58. The number of nitrogens with one attached hydrogen (secondary N) is 1. The lowest BCUT2D eigenvalue weighted by Crippen LogP contribution is -2.00. The predicted octanol–water partition coefficient (Wildman–Crippen LogP) is 2.46. The van der Waals surface area contributed by atoms with Gasteiger partial charge in [0.2, 0.25) is 0 Å². The molecule has 7 nitrogen and oxygen atoms in total. The molecule has 2 aromatic rings. The molecule has 0 atom stereocenters. The molecule has 0 bridgehead atoms. The summed E-state index contributed by atoms with van der Waals surface area (Å²) in [5, 5.41) is 13.8. The van der Waals surface area contributed by atoms with Crippen LogP contribution in [-0.2, 0) is 11.3 Å². The maximum atomic E-state index is 10.8. The Kier molecular flexibility index (Phi) is 4.11. The molecule has 0 unspecified atom stereocenters. The van der Waals surface area contributed by atoms with Crippen molar-refractivity contribution in [3.8, 4) is 0 Å². The monoisotopic (exact) mass is 274 g/mol. The third-order valence-electron chi connectivity index (χ3n) is 2.55. The van der Waals surface area contributed by atoms with Crippen molar-refractivity contribution in [1.29, 1.82) is 0 Å². The van der Waals surface area contributed by atoms with Crippen molar-refractivity contribution in [1.82, 2.24) is 4.98 Å². The van der Waals surface area contributed by atoms with E-state index in [-0.39, 0.29) is 11.5 Å². The number of nitrogen functional groups attached to an aromatic ring is 1. The van der Waals surface area contributed by atoms with Crippen molar-refractivity contribution in [3.63, 3.8) is 0 Å². The summed E-state index contributed by atoms with van der Waals surface area (Å²) in [6.07, 6.45) is 0. The molecule has 0 aliphatic carbocycles. The van der Waals surface area contributed by atoms with Crippen molar-refractivity contribution in [2.75, 3.05) is 18.2 Å². The van der Waals surface area contributed by atoms with Gasteiger partial charge < -0.3 is 15.8 Å².